The maximum absolute atomic E-state index is 13.6. The SMILES string of the molecule is CS(=O)(=O)c1cc(OCC(=O)NC23CCC(NC(=O)O)(CC2)C(O)C3)ccc1F. The van der Waals surface area contributed by atoms with Gasteiger partial charge in [0, 0.05) is 17.9 Å². The average Bonchev–Trinajstić information content (AvgIpc) is 2.61. The second-order valence-corrected chi connectivity index (χ2v) is 9.77. The smallest absolute Gasteiger partial charge is 0.405 e. The van der Waals surface area contributed by atoms with E-state index in [0.29, 0.717) is 25.7 Å². The lowest BCUT2D eigenvalue weighted by Crippen LogP contribution is -2.70. The molecule has 29 heavy (non-hydrogen) atoms. The van der Waals surface area contributed by atoms with E-state index in [0.717, 1.165) is 18.4 Å². The summed E-state index contributed by atoms with van der Waals surface area (Å²) in [7, 11) is -3.78. The Morgan fingerprint density at radius 3 is 2.45 bits per heavy atom. The van der Waals surface area contributed by atoms with Crippen LogP contribution in [0.15, 0.2) is 23.1 Å². The lowest BCUT2D eigenvalue weighted by molar-refractivity contribution is -0.129. The van der Waals surface area contributed by atoms with Crippen molar-refractivity contribution in [2.75, 3.05) is 12.9 Å². The maximum atomic E-state index is 13.6. The summed E-state index contributed by atoms with van der Waals surface area (Å²) in [6.45, 7) is -0.412. The van der Waals surface area contributed by atoms with Crippen molar-refractivity contribution in [1.82, 2.24) is 10.6 Å². The van der Waals surface area contributed by atoms with Gasteiger partial charge in [-0.1, -0.05) is 0 Å². The van der Waals surface area contributed by atoms with Crippen molar-refractivity contribution in [2.45, 2.75) is 54.2 Å². The highest BCUT2D eigenvalue weighted by molar-refractivity contribution is 7.90. The number of ether oxygens (including phenoxy) is 1. The Bertz CT molecular complexity index is 926. The average molecular weight is 430 g/mol. The van der Waals surface area contributed by atoms with Crippen LogP contribution in [0.25, 0.3) is 0 Å². The lowest BCUT2D eigenvalue weighted by atomic mass is 9.60. The third kappa shape index (κ3) is 4.45. The molecule has 3 aliphatic rings. The summed E-state index contributed by atoms with van der Waals surface area (Å²) < 4.78 is 42.1. The van der Waals surface area contributed by atoms with Crippen LogP contribution in [0.3, 0.4) is 0 Å². The molecule has 0 heterocycles. The molecule has 1 atom stereocenters. The van der Waals surface area contributed by atoms with E-state index in [1.165, 1.54) is 6.07 Å². The van der Waals surface area contributed by atoms with Crippen molar-refractivity contribution in [3.63, 3.8) is 0 Å². The van der Waals surface area contributed by atoms with Crippen LogP contribution in [-0.2, 0) is 14.6 Å². The van der Waals surface area contributed by atoms with Crippen molar-refractivity contribution < 1.29 is 37.3 Å². The summed E-state index contributed by atoms with van der Waals surface area (Å²) in [6, 6.07) is 3.20. The Hall–Kier alpha value is -2.40. The minimum Gasteiger partial charge on any atom is -0.484 e. The van der Waals surface area contributed by atoms with Crippen LogP contribution in [0.4, 0.5) is 9.18 Å². The minimum atomic E-state index is -3.78. The number of fused-ring (bicyclic) bond motifs is 3. The van der Waals surface area contributed by atoms with E-state index < -0.39 is 56.3 Å². The van der Waals surface area contributed by atoms with Crippen molar-refractivity contribution in [1.29, 1.82) is 0 Å². The van der Waals surface area contributed by atoms with Gasteiger partial charge >= 0.3 is 6.09 Å². The van der Waals surface area contributed by atoms with Crippen molar-refractivity contribution in [3.8, 4) is 5.75 Å². The molecule has 1 unspecified atom stereocenters. The molecule has 0 aromatic heterocycles. The van der Waals surface area contributed by atoms with Gasteiger partial charge in [0.1, 0.15) is 16.5 Å². The second-order valence-electron chi connectivity index (χ2n) is 7.79. The number of carbonyl (C=O) groups is 2. The molecule has 2 amide bonds. The molecule has 11 heteroatoms. The molecule has 1 aromatic carbocycles. The molecule has 160 valence electrons. The van der Waals surface area contributed by atoms with Crippen LogP contribution in [-0.4, -0.2) is 60.7 Å². The minimum absolute atomic E-state index is 0.0384. The van der Waals surface area contributed by atoms with Crippen LogP contribution in [0.2, 0.25) is 0 Å². The van der Waals surface area contributed by atoms with Gasteiger partial charge in [-0.3, -0.25) is 4.79 Å². The van der Waals surface area contributed by atoms with Gasteiger partial charge in [-0.15, -0.1) is 0 Å². The van der Waals surface area contributed by atoms with Crippen LogP contribution >= 0.6 is 0 Å². The summed E-state index contributed by atoms with van der Waals surface area (Å²) in [5.41, 5.74) is -1.53. The van der Waals surface area contributed by atoms with Crippen LogP contribution in [0.5, 0.6) is 5.75 Å². The number of nitrogens with one attached hydrogen (secondary N) is 2. The summed E-state index contributed by atoms with van der Waals surface area (Å²) in [5, 5.41) is 24.7. The summed E-state index contributed by atoms with van der Waals surface area (Å²) in [4.78, 5) is 22.9. The van der Waals surface area contributed by atoms with Crippen molar-refractivity contribution in [3.05, 3.63) is 24.0 Å². The van der Waals surface area contributed by atoms with E-state index in [2.05, 4.69) is 10.6 Å². The molecule has 0 saturated heterocycles. The molecule has 4 rings (SSSR count). The number of rotatable bonds is 6. The molecule has 2 bridgehead atoms. The molecule has 0 radical (unpaired) electrons. The number of carbonyl (C=O) groups excluding carboxylic acids is 1. The zero-order chi connectivity index (χ0) is 21.4. The van der Waals surface area contributed by atoms with Gasteiger partial charge in [-0.05, 0) is 44.2 Å². The number of sulfone groups is 1. The zero-order valence-corrected chi connectivity index (χ0v) is 16.6. The quantitative estimate of drug-likeness (QED) is 0.523. The zero-order valence-electron chi connectivity index (χ0n) is 15.8. The van der Waals surface area contributed by atoms with E-state index >= 15 is 0 Å². The number of amides is 2. The topological polar surface area (TPSA) is 142 Å². The van der Waals surface area contributed by atoms with E-state index in [-0.39, 0.29) is 12.2 Å². The summed E-state index contributed by atoms with van der Waals surface area (Å²) in [6.07, 6.45) is 0.788. The number of hydrogen-bond donors (Lipinski definition) is 4. The predicted octanol–water partition coefficient (Wildman–Crippen LogP) is 0.808. The fourth-order valence-electron chi connectivity index (χ4n) is 4.21. The number of aliphatic hydroxyl groups excluding tert-OH is 1. The molecule has 1 aromatic rings. The first kappa shape index (κ1) is 21.3. The van der Waals surface area contributed by atoms with Crippen molar-refractivity contribution in [2.24, 2.45) is 0 Å². The standard InChI is InChI=1S/C18H23FN2O7S/c1-29(26,27)13-8-11(2-3-12(13)19)28-10-15(23)20-17-4-6-18(7-5-17,14(22)9-17)21-16(24)25/h2-3,8,14,21-22H,4-7,9-10H2,1H3,(H,20,23)(H,24,25). The number of aliphatic hydroxyl groups is 1. The van der Waals surface area contributed by atoms with Gasteiger partial charge in [0.25, 0.3) is 5.91 Å². The molecule has 0 spiro atoms. The first-order valence-corrected chi connectivity index (χ1v) is 11.0. The number of benzene rings is 1. The molecule has 4 N–H and O–H groups in total. The molecular weight excluding hydrogens is 407 g/mol. The van der Waals surface area contributed by atoms with E-state index in [4.69, 9.17) is 9.84 Å². The highest BCUT2D eigenvalue weighted by atomic mass is 32.2. The predicted molar refractivity (Wildman–Crippen MR) is 98.9 cm³/mol. The van der Waals surface area contributed by atoms with E-state index in [1.54, 1.807) is 0 Å². The molecule has 3 fully saturated rings. The van der Waals surface area contributed by atoms with Crippen molar-refractivity contribution >= 4 is 21.8 Å². The molecular formula is C18H23FN2O7S. The fourth-order valence-corrected chi connectivity index (χ4v) is 4.97. The van der Waals surface area contributed by atoms with Crippen LogP contribution in [0.1, 0.15) is 32.1 Å². The number of carboxylic acid groups (broad SMARTS) is 1. The summed E-state index contributed by atoms with van der Waals surface area (Å²) >= 11 is 0. The number of hydrogen-bond acceptors (Lipinski definition) is 6. The van der Waals surface area contributed by atoms with Gasteiger partial charge < -0.3 is 25.6 Å². The third-order valence-electron chi connectivity index (χ3n) is 5.75. The van der Waals surface area contributed by atoms with Gasteiger partial charge in [-0.2, -0.15) is 0 Å². The van der Waals surface area contributed by atoms with E-state index in [9.17, 15) is 27.5 Å². The number of halogens is 1. The first-order valence-electron chi connectivity index (χ1n) is 9.07. The summed E-state index contributed by atoms with van der Waals surface area (Å²) in [5.74, 6) is -1.33. The normalized spacial score (nSPS) is 28.6. The third-order valence-corrected chi connectivity index (χ3v) is 6.87. The Kier molecular flexibility index (Phi) is 5.48. The van der Waals surface area contributed by atoms with Gasteiger partial charge in [0.05, 0.1) is 11.6 Å². The largest absolute Gasteiger partial charge is 0.484 e. The van der Waals surface area contributed by atoms with Gasteiger partial charge in [0.2, 0.25) is 0 Å². The monoisotopic (exact) mass is 430 g/mol. The Labute approximate surface area is 167 Å². The molecule has 3 aliphatic carbocycles. The Morgan fingerprint density at radius 1 is 1.24 bits per heavy atom. The Balaban J connectivity index is 1.61. The fraction of sp³-hybridized carbons (Fsp3) is 0.556. The lowest BCUT2D eigenvalue weighted by Gasteiger charge is -2.55. The second kappa shape index (κ2) is 7.45. The van der Waals surface area contributed by atoms with E-state index in [1.807, 2.05) is 0 Å². The van der Waals surface area contributed by atoms with Gasteiger partial charge in [0.15, 0.2) is 16.4 Å². The maximum Gasteiger partial charge on any atom is 0.405 e. The van der Waals surface area contributed by atoms with Crippen LogP contribution in [0, 0.1) is 5.82 Å². The van der Waals surface area contributed by atoms with Crippen LogP contribution < -0.4 is 15.4 Å². The molecule has 9 nitrogen and oxygen atoms in total. The first-order chi connectivity index (χ1) is 13.4. The Morgan fingerprint density at radius 2 is 1.90 bits per heavy atom. The van der Waals surface area contributed by atoms with Gasteiger partial charge in [-0.25, -0.2) is 17.6 Å². The highest BCUT2D eigenvalue weighted by Crippen LogP contribution is 2.47. The molecule has 0 aliphatic heterocycles. The molecule has 3 saturated carbocycles. The highest BCUT2D eigenvalue weighted by Gasteiger charge is 2.55.